The minimum absolute atomic E-state index is 0.0836. The van der Waals surface area contributed by atoms with Gasteiger partial charge in [0, 0.05) is 27.1 Å². The van der Waals surface area contributed by atoms with Gasteiger partial charge < -0.3 is 24.8 Å². The van der Waals surface area contributed by atoms with Crippen molar-refractivity contribution >= 4 is 18.1 Å². The quantitative estimate of drug-likeness (QED) is 0.182. The summed E-state index contributed by atoms with van der Waals surface area (Å²) < 4.78 is 15.1. The van der Waals surface area contributed by atoms with E-state index in [4.69, 9.17) is 20.1 Å². The van der Waals surface area contributed by atoms with Gasteiger partial charge in [-0.15, -0.1) is 0 Å². The summed E-state index contributed by atoms with van der Waals surface area (Å²) in [5, 5.41) is 4.57. The van der Waals surface area contributed by atoms with E-state index in [1.807, 2.05) is 5.43 Å². The number of nitrogens with two attached hydrogens (primary N) is 1. The Labute approximate surface area is 122 Å². The molecule has 0 rings (SSSR count). The maximum Gasteiger partial charge on any atom is 0.406 e. The van der Waals surface area contributed by atoms with Gasteiger partial charge in [0.25, 0.3) is 0 Å². The average Bonchev–Trinajstić information content (AvgIpc) is 2.51. The number of rotatable bonds is 9. The van der Waals surface area contributed by atoms with Crippen molar-refractivity contribution < 1.29 is 28.6 Å². The van der Waals surface area contributed by atoms with Crippen LogP contribution in [0.25, 0.3) is 0 Å². The summed E-state index contributed by atoms with van der Waals surface area (Å²) >= 11 is 0. The first kappa shape index (κ1) is 18.9. The fourth-order valence-corrected chi connectivity index (χ4v) is 1.18. The first-order chi connectivity index (χ1) is 10.0. The molecule has 0 bridgehead atoms. The molecule has 0 fully saturated rings. The van der Waals surface area contributed by atoms with Gasteiger partial charge in [-0.25, -0.2) is 15.4 Å². The van der Waals surface area contributed by atoms with Crippen molar-refractivity contribution in [2.75, 3.05) is 33.9 Å². The molecule has 122 valence electrons. The fraction of sp³-hybridized carbons (Fsp3) is 0.727. The molecule has 0 spiro atoms. The van der Waals surface area contributed by atoms with Crippen LogP contribution < -0.4 is 21.9 Å². The zero-order valence-electron chi connectivity index (χ0n) is 12.1. The number of hydrogen-bond donors (Lipinski definition) is 4. The van der Waals surface area contributed by atoms with Crippen molar-refractivity contribution in [2.45, 2.75) is 18.9 Å². The van der Waals surface area contributed by atoms with Gasteiger partial charge in [-0.2, -0.15) is 0 Å². The molecule has 0 aromatic rings. The SMILES string of the molecule is CNC(=O)OCC(COC(=O)NC)OCCCC(=O)NN. The second-order valence-electron chi connectivity index (χ2n) is 3.86. The third kappa shape index (κ3) is 10.4. The van der Waals surface area contributed by atoms with Crippen molar-refractivity contribution in [3.63, 3.8) is 0 Å². The van der Waals surface area contributed by atoms with Crippen molar-refractivity contribution in [3.8, 4) is 0 Å². The number of hydrazine groups is 1. The van der Waals surface area contributed by atoms with Crippen molar-refractivity contribution in [3.05, 3.63) is 0 Å². The van der Waals surface area contributed by atoms with Crippen LogP contribution in [0.5, 0.6) is 0 Å². The lowest BCUT2D eigenvalue weighted by atomic mass is 10.3. The summed E-state index contributed by atoms with van der Waals surface area (Å²) in [4.78, 5) is 32.9. The largest absolute Gasteiger partial charge is 0.447 e. The van der Waals surface area contributed by atoms with Gasteiger partial charge in [0.2, 0.25) is 5.91 Å². The second-order valence-corrected chi connectivity index (χ2v) is 3.86. The minimum Gasteiger partial charge on any atom is -0.447 e. The maximum absolute atomic E-state index is 11.0. The smallest absolute Gasteiger partial charge is 0.406 e. The molecule has 10 nitrogen and oxygen atoms in total. The number of carbonyl (C=O) groups is 3. The Kier molecular flexibility index (Phi) is 10.6. The Morgan fingerprint density at radius 3 is 2.00 bits per heavy atom. The van der Waals surface area contributed by atoms with Gasteiger partial charge in [0.05, 0.1) is 0 Å². The van der Waals surface area contributed by atoms with E-state index < -0.39 is 18.3 Å². The van der Waals surface area contributed by atoms with Gasteiger partial charge >= 0.3 is 12.2 Å². The molecular weight excluding hydrogens is 284 g/mol. The van der Waals surface area contributed by atoms with Crippen LogP contribution in [0.1, 0.15) is 12.8 Å². The standard InChI is InChI=1S/C11H22N4O6/c1-13-10(17)20-6-8(7-21-11(18)14-2)19-5-3-4-9(16)15-12/h8H,3-7,12H2,1-2H3,(H,13,17)(H,14,18)(H,15,16). The average molecular weight is 306 g/mol. The Morgan fingerprint density at radius 2 is 1.57 bits per heavy atom. The van der Waals surface area contributed by atoms with Crippen LogP contribution in [0.2, 0.25) is 0 Å². The molecule has 21 heavy (non-hydrogen) atoms. The molecule has 0 aromatic carbocycles. The van der Waals surface area contributed by atoms with Crippen molar-refractivity contribution in [2.24, 2.45) is 5.84 Å². The highest BCUT2D eigenvalue weighted by Crippen LogP contribution is 1.99. The van der Waals surface area contributed by atoms with E-state index in [1.54, 1.807) is 0 Å². The van der Waals surface area contributed by atoms with Crippen LogP contribution in [0, 0.1) is 0 Å². The summed E-state index contributed by atoms with van der Waals surface area (Å²) in [5.41, 5.74) is 2.00. The van der Waals surface area contributed by atoms with Gasteiger partial charge in [-0.05, 0) is 6.42 Å². The van der Waals surface area contributed by atoms with Crippen LogP contribution >= 0.6 is 0 Å². The van der Waals surface area contributed by atoms with Gasteiger partial charge in [0.1, 0.15) is 19.3 Å². The Morgan fingerprint density at radius 1 is 1.05 bits per heavy atom. The molecule has 5 N–H and O–H groups in total. The Bertz CT molecular complexity index is 319. The Balaban J connectivity index is 4.07. The maximum atomic E-state index is 11.0. The van der Waals surface area contributed by atoms with Crippen molar-refractivity contribution in [1.29, 1.82) is 0 Å². The molecule has 0 unspecified atom stereocenters. The van der Waals surface area contributed by atoms with E-state index in [9.17, 15) is 14.4 Å². The zero-order chi connectivity index (χ0) is 16.1. The van der Waals surface area contributed by atoms with E-state index in [2.05, 4.69) is 10.6 Å². The van der Waals surface area contributed by atoms with Gasteiger partial charge in [0.15, 0.2) is 0 Å². The normalized spacial score (nSPS) is 9.90. The summed E-state index contributed by atoms with van der Waals surface area (Å²) in [6.07, 6.45) is -1.23. The number of ether oxygens (including phenoxy) is 3. The summed E-state index contributed by atoms with van der Waals surface area (Å²) in [6, 6.07) is 0. The van der Waals surface area contributed by atoms with Crippen LogP contribution in [0.15, 0.2) is 0 Å². The minimum atomic E-state index is -0.625. The number of hydrogen-bond acceptors (Lipinski definition) is 7. The topological polar surface area (TPSA) is 141 Å². The molecule has 0 aromatic heterocycles. The highest BCUT2D eigenvalue weighted by atomic mass is 16.6. The summed E-state index contributed by atoms with van der Waals surface area (Å²) in [6.45, 7) is 0.0613. The lowest BCUT2D eigenvalue weighted by molar-refractivity contribution is -0.121. The molecule has 3 amide bonds. The monoisotopic (exact) mass is 306 g/mol. The lowest BCUT2D eigenvalue weighted by Gasteiger charge is -2.17. The Hall–Kier alpha value is -2.07. The van der Waals surface area contributed by atoms with E-state index in [0.717, 1.165) is 0 Å². The number of amides is 3. The molecule has 0 atom stereocenters. The summed E-state index contributed by atoms with van der Waals surface area (Å²) in [7, 11) is 2.84. The van der Waals surface area contributed by atoms with E-state index in [0.29, 0.717) is 6.42 Å². The molecule has 10 heteroatoms. The number of carbonyl (C=O) groups excluding carboxylic acids is 3. The molecule has 0 aliphatic rings. The second kappa shape index (κ2) is 11.7. The molecule has 0 aliphatic carbocycles. The first-order valence-electron chi connectivity index (χ1n) is 6.33. The van der Waals surface area contributed by atoms with E-state index >= 15 is 0 Å². The highest BCUT2D eigenvalue weighted by molar-refractivity contribution is 5.75. The molecular formula is C11H22N4O6. The zero-order valence-corrected chi connectivity index (χ0v) is 12.1. The summed E-state index contributed by atoms with van der Waals surface area (Å²) in [5.74, 6) is 4.63. The van der Waals surface area contributed by atoms with Gasteiger partial charge in [-0.3, -0.25) is 10.2 Å². The molecule has 0 aliphatic heterocycles. The van der Waals surface area contributed by atoms with Crippen LogP contribution in [-0.4, -0.2) is 58.1 Å². The molecule has 0 heterocycles. The van der Waals surface area contributed by atoms with E-state index in [-0.39, 0.29) is 32.1 Å². The molecule has 0 radical (unpaired) electrons. The van der Waals surface area contributed by atoms with Crippen LogP contribution in [-0.2, 0) is 19.0 Å². The van der Waals surface area contributed by atoms with Crippen LogP contribution in [0.4, 0.5) is 9.59 Å². The van der Waals surface area contributed by atoms with E-state index in [1.165, 1.54) is 14.1 Å². The third-order valence-corrected chi connectivity index (χ3v) is 2.27. The third-order valence-electron chi connectivity index (χ3n) is 2.27. The van der Waals surface area contributed by atoms with Crippen molar-refractivity contribution in [1.82, 2.24) is 16.1 Å². The first-order valence-corrected chi connectivity index (χ1v) is 6.33. The highest BCUT2D eigenvalue weighted by Gasteiger charge is 2.15. The predicted molar refractivity (Wildman–Crippen MR) is 72.1 cm³/mol. The fourth-order valence-electron chi connectivity index (χ4n) is 1.18. The molecule has 0 saturated heterocycles. The van der Waals surface area contributed by atoms with Crippen LogP contribution in [0.3, 0.4) is 0 Å². The predicted octanol–water partition coefficient (Wildman–Crippen LogP) is -1.15. The molecule has 0 saturated carbocycles. The number of nitrogens with one attached hydrogen (secondary N) is 3. The number of alkyl carbamates (subject to hydrolysis) is 2. The lowest BCUT2D eigenvalue weighted by Crippen LogP contribution is -2.33. The van der Waals surface area contributed by atoms with Gasteiger partial charge in [-0.1, -0.05) is 0 Å².